The summed E-state index contributed by atoms with van der Waals surface area (Å²) in [6.07, 6.45) is 1.79. The normalized spacial score (nSPS) is 11.4. The summed E-state index contributed by atoms with van der Waals surface area (Å²) in [7, 11) is 0. The largest absolute Gasteiger partial charge is 0.480 e. The molecule has 1 atom stereocenters. The molecule has 0 fully saturated rings. The van der Waals surface area contributed by atoms with Crippen LogP contribution in [0.15, 0.2) is 35.8 Å². The van der Waals surface area contributed by atoms with Crippen LogP contribution in [0.5, 0.6) is 0 Å². The molecule has 0 aliphatic carbocycles. The molecule has 0 saturated carbocycles. The molecule has 102 valence electrons. The van der Waals surface area contributed by atoms with Crippen molar-refractivity contribution in [1.82, 2.24) is 10.3 Å². The number of carboxylic acid groups (broad SMARTS) is 1. The Hall–Kier alpha value is -2.57. The summed E-state index contributed by atoms with van der Waals surface area (Å²) in [5.41, 5.74) is -0.131. The average Bonchev–Trinajstić information content (AvgIpc) is 2.38. The smallest absolute Gasteiger partial charge is 0.408 e. The zero-order chi connectivity index (χ0) is 14.3. The number of carboxylic acids is 1. The van der Waals surface area contributed by atoms with Crippen LogP contribution in [0.4, 0.5) is 4.79 Å². The fourth-order valence-corrected chi connectivity index (χ4v) is 1.36. The van der Waals surface area contributed by atoms with E-state index in [1.54, 1.807) is 6.07 Å². The van der Waals surface area contributed by atoms with Crippen molar-refractivity contribution >= 4 is 12.1 Å². The summed E-state index contributed by atoms with van der Waals surface area (Å²) >= 11 is 0. The molecule has 19 heavy (non-hydrogen) atoms. The number of hydrogen-bond acceptors (Lipinski definition) is 4. The molecule has 0 saturated heterocycles. The van der Waals surface area contributed by atoms with Gasteiger partial charge in [0.05, 0.1) is 0 Å². The molecule has 0 aliphatic rings. The van der Waals surface area contributed by atoms with Crippen molar-refractivity contribution < 1.29 is 19.4 Å². The minimum atomic E-state index is -1.25. The van der Waals surface area contributed by atoms with E-state index in [9.17, 15) is 14.4 Å². The van der Waals surface area contributed by atoms with Crippen molar-refractivity contribution in [1.29, 1.82) is 0 Å². The van der Waals surface area contributed by atoms with Gasteiger partial charge >= 0.3 is 12.1 Å². The lowest BCUT2D eigenvalue weighted by molar-refractivity contribution is -0.139. The molecule has 0 spiro atoms. The standard InChI is InChI=1S/C12H14N2O5/c1-2-6-19-12(18)14-9(11(16)17)7-8-4-3-5-13-10(8)15/h2-5,9H,1,6-7H2,(H,13,15)(H,14,18)(H,16,17). The molecule has 7 heteroatoms. The van der Waals surface area contributed by atoms with Gasteiger partial charge in [-0.3, -0.25) is 4.79 Å². The molecular weight excluding hydrogens is 252 g/mol. The maximum absolute atomic E-state index is 11.4. The number of pyridine rings is 1. The van der Waals surface area contributed by atoms with Gasteiger partial charge in [-0.2, -0.15) is 0 Å². The van der Waals surface area contributed by atoms with Crippen LogP contribution in [0.2, 0.25) is 0 Å². The van der Waals surface area contributed by atoms with Crippen molar-refractivity contribution in [3.8, 4) is 0 Å². The van der Waals surface area contributed by atoms with Crippen LogP contribution < -0.4 is 10.9 Å². The van der Waals surface area contributed by atoms with E-state index in [-0.39, 0.29) is 18.6 Å². The minimum Gasteiger partial charge on any atom is -0.480 e. The Labute approximate surface area is 108 Å². The van der Waals surface area contributed by atoms with Crippen LogP contribution in [0.1, 0.15) is 5.56 Å². The van der Waals surface area contributed by atoms with Crippen LogP contribution in [-0.2, 0) is 16.0 Å². The first kappa shape index (κ1) is 14.5. The van der Waals surface area contributed by atoms with E-state index >= 15 is 0 Å². The molecule has 1 amide bonds. The highest BCUT2D eigenvalue weighted by Crippen LogP contribution is 1.98. The van der Waals surface area contributed by atoms with Crippen LogP contribution in [0, 0.1) is 0 Å². The molecule has 1 unspecified atom stereocenters. The number of carbonyl (C=O) groups is 2. The fourth-order valence-electron chi connectivity index (χ4n) is 1.36. The Kier molecular flexibility index (Phi) is 5.34. The number of amides is 1. The number of nitrogens with one attached hydrogen (secondary N) is 2. The molecule has 0 aromatic carbocycles. The molecule has 0 radical (unpaired) electrons. The molecule has 1 aromatic rings. The van der Waals surface area contributed by atoms with E-state index in [1.807, 2.05) is 0 Å². The van der Waals surface area contributed by atoms with Crippen LogP contribution in [0.3, 0.4) is 0 Å². The van der Waals surface area contributed by atoms with E-state index in [0.717, 1.165) is 0 Å². The maximum atomic E-state index is 11.4. The highest BCUT2D eigenvalue weighted by molar-refractivity contribution is 5.80. The second-order valence-electron chi connectivity index (χ2n) is 3.65. The van der Waals surface area contributed by atoms with E-state index in [0.29, 0.717) is 0 Å². The van der Waals surface area contributed by atoms with E-state index in [1.165, 1.54) is 18.3 Å². The first-order valence-corrected chi connectivity index (χ1v) is 5.48. The molecular formula is C12H14N2O5. The highest BCUT2D eigenvalue weighted by Gasteiger charge is 2.22. The number of carbonyl (C=O) groups excluding carboxylic acids is 1. The number of aromatic amines is 1. The third-order valence-electron chi connectivity index (χ3n) is 2.25. The summed E-state index contributed by atoms with van der Waals surface area (Å²) in [4.78, 5) is 36.1. The monoisotopic (exact) mass is 266 g/mol. The van der Waals surface area contributed by atoms with E-state index < -0.39 is 23.7 Å². The number of alkyl carbamates (subject to hydrolysis) is 1. The van der Waals surface area contributed by atoms with E-state index in [4.69, 9.17) is 5.11 Å². The Balaban J connectivity index is 2.71. The first-order chi connectivity index (χ1) is 9.04. The number of aliphatic carboxylic acids is 1. The summed E-state index contributed by atoms with van der Waals surface area (Å²) in [5.74, 6) is -1.25. The zero-order valence-corrected chi connectivity index (χ0v) is 10.1. The van der Waals surface area contributed by atoms with Gasteiger partial charge in [0.2, 0.25) is 0 Å². The second-order valence-corrected chi connectivity index (χ2v) is 3.65. The number of rotatable bonds is 6. The van der Waals surface area contributed by atoms with E-state index in [2.05, 4.69) is 21.6 Å². The number of H-pyrrole nitrogens is 1. The Morgan fingerprint density at radius 2 is 2.32 bits per heavy atom. The van der Waals surface area contributed by atoms with Crippen molar-refractivity contribution in [2.45, 2.75) is 12.5 Å². The van der Waals surface area contributed by atoms with Crippen molar-refractivity contribution in [2.75, 3.05) is 6.61 Å². The van der Waals surface area contributed by atoms with Gasteiger partial charge in [-0.05, 0) is 6.07 Å². The summed E-state index contributed by atoms with van der Waals surface area (Å²) in [5, 5.41) is 11.2. The highest BCUT2D eigenvalue weighted by atomic mass is 16.5. The number of ether oxygens (including phenoxy) is 1. The minimum absolute atomic E-state index is 0.0237. The van der Waals surface area contributed by atoms with Crippen molar-refractivity contribution in [2.24, 2.45) is 0 Å². The lowest BCUT2D eigenvalue weighted by atomic mass is 10.1. The van der Waals surface area contributed by atoms with Crippen LogP contribution in [0.25, 0.3) is 0 Å². The molecule has 1 heterocycles. The van der Waals surface area contributed by atoms with Crippen LogP contribution in [-0.4, -0.2) is 34.8 Å². The first-order valence-electron chi connectivity index (χ1n) is 5.48. The third-order valence-corrected chi connectivity index (χ3v) is 2.25. The van der Waals surface area contributed by atoms with Crippen LogP contribution >= 0.6 is 0 Å². The summed E-state index contributed by atoms with van der Waals surface area (Å²) in [6.45, 7) is 3.34. The fraction of sp³-hybridized carbons (Fsp3) is 0.250. The van der Waals surface area contributed by atoms with Gasteiger partial charge in [0.25, 0.3) is 5.56 Å². The molecule has 7 nitrogen and oxygen atoms in total. The van der Waals surface area contributed by atoms with Gasteiger partial charge in [-0.1, -0.05) is 18.7 Å². The maximum Gasteiger partial charge on any atom is 0.408 e. The Morgan fingerprint density at radius 1 is 1.58 bits per heavy atom. The quantitative estimate of drug-likeness (QED) is 0.641. The lowest BCUT2D eigenvalue weighted by Crippen LogP contribution is -2.43. The second kappa shape index (κ2) is 7.00. The SMILES string of the molecule is C=CCOC(=O)NC(Cc1ccc[nH]c1=O)C(=O)O. The molecule has 3 N–H and O–H groups in total. The average molecular weight is 266 g/mol. The predicted molar refractivity (Wildman–Crippen MR) is 66.9 cm³/mol. The van der Waals surface area contributed by atoms with Gasteiger partial charge in [-0.15, -0.1) is 0 Å². The molecule has 1 rings (SSSR count). The topological polar surface area (TPSA) is 108 Å². The Bertz CT molecular complexity index is 523. The summed E-state index contributed by atoms with van der Waals surface area (Å²) < 4.78 is 4.62. The van der Waals surface area contributed by atoms with Gasteiger partial charge in [-0.25, -0.2) is 9.59 Å². The van der Waals surface area contributed by atoms with Crippen molar-refractivity contribution in [3.63, 3.8) is 0 Å². The van der Waals surface area contributed by atoms with Crippen molar-refractivity contribution in [3.05, 3.63) is 46.9 Å². The number of aromatic nitrogens is 1. The zero-order valence-electron chi connectivity index (χ0n) is 10.1. The lowest BCUT2D eigenvalue weighted by Gasteiger charge is -2.13. The molecule has 0 aliphatic heterocycles. The third kappa shape index (κ3) is 4.66. The Morgan fingerprint density at radius 3 is 2.89 bits per heavy atom. The predicted octanol–water partition coefficient (Wildman–Crippen LogP) is 0.283. The van der Waals surface area contributed by atoms with Gasteiger partial charge in [0.15, 0.2) is 0 Å². The van der Waals surface area contributed by atoms with Gasteiger partial charge in [0, 0.05) is 18.2 Å². The summed E-state index contributed by atoms with van der Waals surface area (Å²) in [6, 6.07) is 1.83. The molecule has 1 aromatic heterocycles. The van der Waals surface area contributed by atoms with Gasteiger partial charge in [0.1, 0.15) is 12.6 Å². The van der Waals surface area contributed by atoms with Gasteiger partial charge < -0.3 is 20.1 Å². The molecule has 0 bridgehead atoms. The number of hydrogen-bond donors (Lipinski definition) is 3.